The van der Waals surface area contributed by atoms with Gasteiger partial charge in [0, 0.05) is 18.4 Å². The summed E-state index contributed by atoms with van der Waals surface area (Å²) >= 11 is 1.00. The number of benzene rings is 1. The third kappa shape index (κ3) is 3.10. The molecule has 0 spiro atoms. The van der Waals surface area contributed by atoms with Crippen LogP contribution in [-0.4, -0.2) is 20.6 Å². The minimum atomic E-state index is -0.223. The van der Waals surface area contributed by atoms with Gasteiger partial charge in [-0.05, 0) is 49.4 Å². The van der Waals surface area contributed by atoms with Crippen molar-refractivity contribution in [2.45, 2.75) is 20.4 Å². The zero-order chi connectivity index (χ0) is 16.6. The lowest BCUT2D eigenvalue weighted by Crippen LogP contribution is -2.27. The van der Waals surface area contributed by atoms with Crippen molar-refractivity contribution in [2.24, 2.45) is 7.05 Å². The fourth-order valence-corrected chi connectivity index (χ4v) is 3.25. The van der Waals surface area contributed by atoms with E-state index in [1.165, 1.54) is 4.90 Å². The molecular formula is C18H18N2O2S. The molecule has 2 amide bonds. The molecule has 0 bridgehead atoms. The van der Waals surface area contributed by atoms with Crippen LogP contribution in [0.2, 0.25) is 0 Å². The summed E-state index contributed by atoms with van der Waals surface area (Å²) in [5, 5.41) is -0.215. The van der Waals surface area contributed by atoms with Crippen LogP contribution < -0.4 is 0 Å². The predicted molar refractivity (Wildman–Crippen MR) is 92.8 cm³/mol. The lowest BCUT2D eigenvalue weighted by Gasteiger charge is -2.12. The maximum Gasteiger partial charge on any atom is 0.293 e. The van der Waals surface area contributed by atoms with Crippen LogP contribution in [-0.2, 0) is 18.4 Å². The smallest absolute Gasteiger partial charge is 0.293 e. The summed E-state index contributed by atoms with van der Waals surface area (Å²) in [6.07, 6.45) is 1.78. The normalized spacial score (nSPS) is 16.7. The first-order valence-electron chi connectivity index (χ1n) is 7.39. The second kappa shape index (κ2) is 6.08. The van der Waals surface area contributed by atoms with Crippen LogP contribution in [0.3, 0.4) is 0 Å². The van der Waals surface area contributed by atoms with Gasteiger partial charge in [0.25, 0.3) is 11.1 Å². The van der Waals surface area contributed by atoms with Gasteiger partial charge < -0.3 is 4.57 Å². The van der Waals surface area contributed by atoms with Gasteiger partial charge in [0.05, 0.1) is 11.4 Å². The van der Waals surface area contributed by atoms with Crippen molar-refractivity contribution < 1.29 is 9.59 Å². The Morgan fingerprint density at radius 2 is 1.74 bits per heavy atom. The van der Waals surface area contributed by atoms with Crippen molar-refractivity contribution in [2.75, 3.05) is 0 Å². The van der Waals surface area contributed by atoms with E-state index in [1.54, 1.807) is 6.08 Å². The number of rotatable bonds is 3. The molecule has 1 aliphatic heterocycles. The summed E-state index contributed by atoms with van der Waals surface area (Å²) in [7, 11) is 1.94. The van der Waals surface area contributed by atoms with E-state index < -0.39 is 0 Å². The molecule has 0 unspecified atom stereocenters. The van der Waals surface area contributed by atoms with Crippen LogP contribution in [0.5, 0.6) is 0 Å². The van der Waals surface area contributed by atoms with Gasteiger partial charge in [-0.15, -0.1) is 0 Å². The Labute approximate surface area is 139 Å². The number of carbonyl (C=O) groups excluding carboxylic acids is 2. The van der Waals surface area contributed by atoms with E-state index >= 15 is 0 Å². The third-order valence-corrected chi connectivity index (χ3v) is 4.93. The summed E-state index contributed by atoms with van der Waals surface area (Å²) in [6.45, 7) is 4.32. The number of hydrogen-bond acceptors (Lipinski definition) is 3. The number of carbonyl (C=O) groups is 2. The molecule has 23 heavy (non-hydrogen) atoms. The molecule has 1 aliphatic rings. The number of aromatic nitrogens is 1. The van der Waals surface area contributed by atoms with Gasteiger partial charge in [-0.2, -0.15) is 0 Å². The third-order valence-electron chi connectivity index (χ3n) is 4.03. The highest BCUT2D eigenvalue weighted by atomic mass is 32.2. The van der Waals surface area contributed by atoms with Gasteiger partial charge >= 0.3 is 0 Å². The molecule has 2 heterocycles. The summed E-state index contributed by atoms with van der Waals surface area (Å²) in [5.41, 5.74) is 4.13. The Kier molecular flexibility index (Phi) is 4.13. The summed E-state index contributed by atoms with van der Waals surface area (Å²) in [6, 6.07) is 11.8. The van der Waals surface area contributed by atoms with Gasteiger partial charge in [0.1, 0.15) is 0 Å². The molecule has 0 aliphatic carbocycles. The van der Waals surface area contributed by atoms with Gasteiger partial charge in [-0.25, -0.2) is 0 Å². The van der Waals surface area contributed by atoms with E-state index in [2.05, 4.69) is 0 Å². The maximum atomic E-state index is 12.5. The van der Waals surface area contributed by atoms with Crippen molar-refractivity contribution in [3.05, 3.63) is 63.8 Å². The fourth-order valence-electron chi connectivity index (χ4n) is 2.42. The number of amides is 2. The number of hydrogen-bond donors (Lipinski definition) is 0. The van der Waals surface area contributed by atoms with Crippen LogP contribution in [0.15, 0.2) is 41.3 Å². The highest BCUT2D eigenvalue weighted by Crippen LogP contribution is 2.33. The molecular weight excluding hydrogens is 308 g/mol. The minimum absolute atomic E-state index is 0.215. The molecule has 0 radical (unpaired) electrons. The average molecular weight is 326 g/mol. The molecule has 2 aromatic rings. The molecule has 0 saturated carbocycles. The van der Waals surface area contributed by atoms with Gasteiger partial charge in [-0.3, -0.25) is 14.5 Å². The Morgan fingerprint density at radius 3 is 2.35 bits per heavy atom. The Hall–Kier alpha value is -2.27. The van der Waals surface area contributed by atoms with Crippen LogP contribution in [0.1, 0.15) is 22.5 Å². The number of aryl methyl sites for hydroxylation is 2. The molecule has 0 N–H and O–H groups in total. The number of imide groups is 1. The first-order chi connectivity index (χ1) is 11.0. The molecule has 3 rings (SSSR count). The standard InChI is InChI=1S/C18H18N2O2S/c1-12-4-7-14(8-5-12)11-20-17(21)16(23-18(20)22)10-15-9-6-13(2)19(15)3/h4-10H,11H2,1-3H3/b16-10-. The molecule has 0 atom stereocenters. The summed E-state index contributed by atoms with van der Waals surface area (Å²) < 4.78 is 1.99. The molecule has 1 fully saturated rings. The number of nitrogens with zero attached hydrogens (tertiary/aromatic N) is 2. The highest BCUT2D eigenvalue weighted by molar-refractivity contribution is 8.18. The lowest BCUT2D eigenvalue weighted by atomic mass is 10.1. The van der Waals surface area contributed by atoms with Crippen LogP contribution in [0.25, 0.3) is 6.08 Å². The summed E-state index contributed by atoms with van der Waals surface area (Å²) in [4.78, 5) is 26.5. The first kappa shape index (κ1) is 15.6. The van der Waals surface area contributed by atoms with E-state index in [-0.39, 0.29) is 11.1 Å². The van der Waals surface area contributed by atoms with Gasteiger partial charge in [-0.1, -0.05) is 29.8 Å². The Morgan fingerprint density at radius 1 is 1.04 bits per heavy atom. The van der Waals surface area contributed by atoms with E-state index in [9.17, 15) is 9.59 Å². The molecule has 1 aromatic carbocycles. The largest absolute Gasteiger partial charge is 0.348 e. The van der Waals surface area contributed by atoms with Crippen molar-refractivity contribution in [1.82, 2.24) is 9.47 Å². The molecule has 5 heteroatoms. The highest BCUT2D eigenvalue weighted by Gasteiger charge is 2.35. The Bertz CT molecular complexity index is 803. The van der Waals surface area contributed by atoms with E-state index in [4.69, 9.17) is 0 Å². The average Bonchev–Trinajstić information content (AvgIpc) is 2.97. The molecule has 1 aromatic heterocycles. The molecule has 1 saturated heterocycles. The fraction of sp³-hybridized carbons (Fsp3) is 0.222. The van der Waals surface area contributed by atoms with Crippen molar-refractivity contribution in [3.63, 3.8) is 0 Å². The van der Waals surface area contributed by atoms with Crippen LogP contribution >= 0.6 is 11.8 Å². The van der Waals surface area contributed by atoms with Crippen molar-refractivity contribution in [1.29, 1.82) is 0 Å². The minimum Gasteiger partial charge on any atom is -0.348 e. The van der Waals surface area contributed by atoms with Crippen LogP contribution in [0, 0.1) is 13.8 Å². The predicted octanol–water partition coefficient (Wildman–Crippen LogP) is 3.88. The van der Waals surface area contributed by atoms with Crippen molar-refractivity contribution in [3.8, 4) is 0 Å². The topological polar surface area (TPSA) is 42.3 Å². The van der Waals surface area contributed by atoms with E-state index in [1.807, 2.05) is 61.9 Å². The quantitative estimate of drug-likeness (QED) is 0.804. The number of thioether (sulfide) groups is 1. The zero-order valence-corrected chi connectivity index (χ0v) is 14.2. The first-order valence-corrected chi connectivity index (χ1v) is 8.20. The zero-order valence-electron chi connectivity index (χ0n) is 13.4. The molecule has 118 valence electrons. The van der Waals surface area contributed by atoms with Crippen molar-refractivity contribution >= 4 is 29.0 Å². The monoisotopic (exact) mass is 326 g/mol. The van der Waals surface area contributed by atoms with Gasteiger partial charge in [0.15, 0.2) is 0 Å². The van der Waals surface area contributed by atoms with E-state index in [0.29, 0.717) is 11.4 Å². The summed E-state index contributed by atoms with van der Waals surface area (Å²) in [5.74, 6) is -0.223. The Balaban J connectivity index is 1.82. The second-order valence-corrected chi connectivity index (χ2v) is 6.71. The van der Waals surface area contributed by atoms with Crippen LogP contribution in [0.4, 0.5) is 4.79 Å². The van der Waals surface area contributed by atoms with Gasteiger partial charge in [0.2, 0.25) is 0 Å². The molecule has 4 nitrogen and oxygen atoms in total. The maximum absolute atomic E-state index is 12.5. The SMILES string of the molecule is Cc1ccc(CN2C(=O)S/C(=C\c3ccc(C)n3C)C2=O)cc1. The lowest BCUT2D eigenvalue weighted by molar-refractivity contribution is -0.123. The second-order valence-electron chi connectivity index (χ2n) is 5.71. The van der Waals surface area contributed by atoms with E-state index in [0.717, 1.165) is 34.3 Å².